The van der Waals surface area contributed by atoms with Gasteiger partial charge in [0.25, 0.3) is 0 Å². The highest BCUT2D eigenvalue weighted by molar-refractivity contribution is 6.32. The summed E-state index contributed by atoms with van der Waals surface area (Å²) in [6, 6.07) is 0. The molecule has 0 spiro atoms. The fourth-order valence-corrected chi connectivity index (χ4v) is 1.11. The van der Waals surface area contributed by atoms with Crippen molar-refractivity contribution in [1.82, 2.24) is 9.80 Å². The third-order valence-electron chi connectivity index (χ3n) is 1.85. The van der Waals surface area contributed by atoms with Gasteiger partial charge in [0, 0.05) is 18.9 Å². The molecule has 0 amide bonds. The Kier molecular flexibility index (Phi) is 49.7. The van der Waals surface area contributed by atoms with Gasteiger partial charge in [0.15, 0.2) is 0 Å². The van der Waals surface area contributed by atoms with E-state index in [1.807, 2.05) is 6.20 Å². The van der Waals surface area contributed by atoms with E-state index >= 15 is 0 Å². The van der Waals surface area contributed by atoms with E-state index in [-0.39, 0.29) is 0 Å². The summed E-state index contributed by atoms with van der Waals surface area (Å²) in [5.74, 6) is 0. The van der Waals surface area contributed by atoms with Crippen molar-refractivity contribution in [1.29, 1.82) is 0 Å². The summed E-state index contributed by atoms with van der Waals surface area (Å²) in [5.41, 5.74) is 0. The van der Waals surface area contributed by atoms with E-state index in [1.165, 1.54) is 12.8 Å². The van der Waals surface area contributed by atoms with Crippen molar-refractivity contribution >= 4 is 44.4 Å². The van der Waals surface area contributed by atoms with Gasteiger partial charge in [0.2, 0.25) is 0 Å². The molecule has 35 heavy (non-hydrogen) atoms. The number of unbranched alkanes of at least 4 members (excludes halogenated alkanes) is 1. The van der Waals surface area contributed by atoms with Gasteiger partial charge in [-0.2, -0.15) is 0 Å². The maximum atomic E-state index is 10.1. The fraction of sp³-hybridized carbons (Fsp3) is 0.556. The van der Waals surface area contributed by atoms with Crippen molar-refractivity contribution in [3.63, 3.8) is 0 Å². The number of hydrogen-bond acceptors (Lipinski definition) is 14. The van der Waals surface area contributed by atoms with Gasteiger partial charge in [-0.15, -0.1) is 0 Å². The first-order chi connectivity index (χ1) is 15.8. The third kappa shape index (κ3) is 165. The van der Waals surface area contributed by atoms with Crippen molar-refractivity contribution in [3.8, 4) is 0 Å². The molecule has 14 nitrogen and oxygen atoms in total. The van der Waals surface area contributed by atoms with E-state index in [0.29, 0.717) is 0 Å². The van der Waals surface area contributed by atoms with Crippen molar-refractivity contribution in [2.75, 3.05) is 13.2 Å². The fourth-order valence-electron chi connectivity index (χ4n) is 1.11. The Balaban J connectivity index is -0.0000000753. The first-order valence-corrected chi connectivity index (χ1v) is 8.58. The summed E-state index contributed by atoms with van der Waals surface area (Å²) in [6.07, 6.45) is 8.57. The Hall–Kier alpha value is -1.43. The molecule has 0 aromatic heterocycles. The third-order valence-corrected chi connectivity index (χ3v) is 1.85. The lowest BCUT2D eigenvalue weighted by Crippen LogP contribution is -2.22. The quantitative estimate of drug-likeness (QED) is 0.120. The first-order valence-electron chi connectivity index (χ1n) is 8.58. The lowest BCUT2D eigenvalue weighted by atomic mass is 10.3. The normalized spacial score (nSPS) is 9.69. The molecule has 0 aromatic carbocycles. The van der Waals surface area contributed by atoms with Crippen LogP contribution in [0.25, 0.3) is 0 Å². The van der Waals surface area contributed by atoms with Gasteiger partial charge in [-0.05, 0) is 12.6 Å². The Morgan fingerprint density at radius 2 is 0.914 bits per heavy atom. The summed E-state index contributed by atoms with van der Waals surface area (Å²) in [4.78, 5) is 4.38. The molecule has 0 saturated heterocycles. The smallest absolute Gasteiger partial charge is 0.398 e. The Bertz CT molecular complexity index is 366. The van der Waals surface area contributed by atoms with E-state index in [9.17, 15) is 25.9 Å². The standard InChI is InChI=1S/C9H16N2.6BFH2O2/c1-3-5-6-11-8-7-10(4-2)9-11;6*2-1(3)4/h4,7-8H,2-3,5-6,9H2,1H3;6*3-4H. The molecule has 0 radical (unpaired) electrons. The zero-order chi connectivity index (χ0) is 29.6. The molecule has 0 bridgehead atoms. The van der Waals surface area contributed by atoms with Gasteiger partial charge in [0.1, 0.15) is 0 Å². The van der Waals surface area contributed by atoms with Gasteiger partial charge < -0.3 is 70.1 Å². The maximum absolute atomic E-state index is 10.1. The molecule has 0 unspecified atom stereocenters. The average Bonchev–Trinajstić information content (AvgIpc) is 3.05. The maximum Gasteiger partial charge on any atom is 0.674 e. The van der Waals surface area contributed by atoms with Crippen LogP contribution in [0.4, 0.5) is 25.9 Å². The monoisotopic (exact) mass is 536 g/mol. The summed E-state index contributed by atoms with van der Waals surface area (Å²) < 4.78 is 60.7. The van der Waals surface area contributed by atoms with Crippen molar-refractivity contribution < 1.29 is 86.2 Å². The van der Waals surface area contributed by atoms with E-state index in [0.717, 1.165) is 13.2 Å². The van der Waals surface area contributed by atoms with E-state index < -0.39 is 44.4 Å². The topological polar surface area (TPSA) is 249 Å². The molecule has 26 heteroatoms. The Morgan fingerprint density at radius 1 is 0.657 bits per heavy atom. The van der Waals surface area contributed by atoms with Crippen LogP contribution in [0.15, 0.2) is 25.2 Å². The van der Waals surface area contributed by atoms with E-state index in [1.54, 1.807) is 0 Å². The van der Waals surface area contributed by atoms with Gasteiger partial charge in [0.05, 0.1) is 6.67 Å². The number of rotatable bonds is 4. The summed E-state index contributed by atoms with van der Waals surface area (Å²) >= 11 is 0. The minimum absolute atomic E-state index is 0.976. The van der Waals surface area contributed by atoms with Crippen molar-refractivity contribution in [2.45, 2.75) is 19.8 Å². The van der Waals surface area contributed by atoms with Crippen LogP contribution >= 0.6 is 0 Å². The van der Waals surface area contributed by atoms with Crippen LogP contribution in [0, 0.1) is 0 Å². The van der Waals surface area contributed by atoms with Crippen LogP contribution in [0.2, 0.25) is 0 Å². The lowest BCUT2D eigenvalue weighted by Gasteiger charge is -2.17. The van der Waals surface area contributed by atoms with Crippen molar-refractivity contribution in [2.24, 2.45) is 0 Å². The second-order valence-corrected chi connectivity index (χ2v) is 4.67. The summed E-state index contributed by atoms with van der Waals surface area (Å²) in [6.45, 7) is 8.06. The molecule has 1 aliphatic heterocycles. The highest BCUT2D eigenvalue weighted by Gasteiger charge is 2.07. The van der Waals surface area contributed by atoms with Crippen LogP contribution < -0.4 is 0 Å². The van der Waals surface area contributed by atoms with Crippen LogP contribution in [0.3, 0.4) is 0 Å². The summed E-state index contributed by atoms with van der Waals surface area (Å²) in [7, 11) is -16.0. The summed E-state index contributed by atoms with van der Waals surface area (Å²) in [5, 5.41) is 83.3. The van der Waals surface area contributed by atoms with Crippen molar-refractivity contribution in [3.05, 3.63) is 25.2 Å². The number of nitrogens with zero attached hydrogens (tertiary/aromatic N) is 2. The van der Waals surface area contributed by atoms with Gasteiger partial charge in [-0.3, -0.25) is 25.9 Å². The molecule has 206 valence electrons. The molecule has 12 N–H and O–H groups in total. The molecule has 0 aromatic rings. The molecular formula is C9H28B6F6N2O12. The largest absolute Gasteiger partial charge is 0.674 e. The SMILES string of the molecule is C=CN1C=CN(CCCC)C1.OB(O)F.OB(O)F.OB(O)F.OB(O)F.OB(O)F.OB(O)F. The molecule has 0 aliphatic carbocycles. The van der Waals surface area contributed by atoms with Crippen LogP contribution in [0.5, 0.6) is 0 Å². The van der Waals surface area contributed by atoms with Gasteiger partial charge in [-0.1, -0.05) is 19.9 Å². The van der Waals surface area contributed by atoms with Crippen LogP contribution in [-0.2, 0) is 0 Å². The van der Waals surface area contributed by atoms with Gasteiger partial charge in [-0.25, -0.2) is 0 Å². The second kappa shape index (κ2) is 37.1. The Labute approximate surface area is 199 Å². The highest BCUT2D eigenvalue weighted by atomic mass is 19.1. The highest BCUT2D eigenvalue weighted by Crippen LogP contribution is 2.07. The van der Waals surface area contributed by atoms with Crippen LogP contribution in [-0.4, -0.2) is 128 Å². The molecule has 1 aliphatic rings. The molecule has 1 heterocycles. The number of halogens is 6. The minimum Gasteiger partial charge on any atom is -0.398 e. The first kappa shape index (κ1) is 46.9. The lowest BCUT2D eigenvalue weighted by molar-refractivity contribution is 0.310. The van der Waals surface area contributed by atoms with E-state index in [4.69, 9.17) is 60.3 Å². The molecule has 1 rings (SSSR count). The zero-order valence-electron chi connectivity index (χ0n) is 18.3. The average molecular weight is 535 g/mol. The molecule has 0 fully saturated rings. The van der Waals surface area contributed by atoms with E-state index in [2.05, 4.69) is 35.7 Å². The molecule has 0 saturated carbocycles. The zero-order valence-corrected chi connectivity index (χ0v) is 18.3. The van der Waals surface area contributed by atoms with Crippen LogP contribution in [0.1, 0.15) is 19.8 Å². The minimum atomic E-state index is -2.67. The number of hydrogen-bond donors (Lipinski definition) is 12. The van der Waals surface area contributed by atoms with Gasteiger partial charge >= 0.3 is 44.4 Å². The molecular weight excluding hydrogens is 507 g/mol. The molecule has 0 atom stereocenters. The predicted molar refractivity (Wildman–Crippen MR) is 115 cm³/mol. The predicted octanol–water partition coefficient (Wildman–Crippen LogP) is -4.47. The second-order valence-electron chi connectivity index (χ2n) is 4.67. The Morgan fingerprint density at radius 3 is 1.09 bits per heavy atom.